The van der Waals surface area contributed by atoms with E-state index in [4.69, 9.17) is 4.74 Å². The molecular weight excluding hydrogens is 529 g/mol. The van der Waals surface area contributed by atoms with Crippen molar-refractivity contribution in [2.24, 2.45) is 0 Å². The molecule has 0 unspecified atom stereocenters. The van der Waals surface area contributed by atoms with Crippen LogP contribution in [0.4, 0.5) is 31.2 Å². The number of rotatable bonds is 8. The van der Waals surface area contributed by atoms with E-state index in [-0.39, 0.29) is 28.9 Å². The molecule has 1 aromatic carbocycles. The normalized spacial score (nSPS) is 20.3. The van der Waals surface area contributed by atoms with Gasteiger partial charge in [0.15, 0.2) is 0 Å². The van der Waals surface area contributed by atoms with Crippen molar-refractivity contribution in [1.82, 2.24) is 15.5 Å². The molecule has 4 heterocycles. The summed E-state index contributed by atoms with van der Waals surface area (Å²) in [7, 11) is 0. The molecule has 12 nitrogen and oxygen atoms in total. The van der Waals surface area contributed by atoms with Gasteiger partial charge in [0.05, 0.1) is 29.4 Å². The summed E-state index contributed by atoms with van der Waals surface area (Å²) < 4.78 is 20.4. The Bertz CT molecular complexity index is 1230. The molecule has 0 saturated carbocycles. The second-order valence-corrected chi connectivity index (χ2v) is 11.0. The first kappa shape index (κ1) is 27.1. The maximum Gasteiger partial charge on any atom is 0.414 e. The number of halogens is 1. The summed E-state index contributed by atoms with van der Waals surface area (Å²) in [5.41, 5.74) is 1.57. The van der Waals surface area contributed by atoms with E-state index in [1.54, 1.807) is 12.1 Å². The largest absolute Gasteiger partial charge is 0.442 e. The highest BCUT2D eigenvalue weighted by Gasteiger charge is 2.33. The summed E-state index contributed by atoms with van der Waals surface area (Å²) in [4.78, 5) is 43.4. The first-order valence-electron chi connectivity index (χ1n) is 13.0. The number of nitrogens with zero attached hydrogens (tertiary/aromatic N) is 5. The van der Waals surface area contributed by atoms with Crippen molar-refractivity contribution in [2.45, 2.75) is 19.6 Å². The first-order chi connectivity index (χ1) is 18.8. The predicted molar refractivity (Wildman–Crippen MR) is 146 cm³/mol. The summed E-state index contributed by atoms with van der Waals surface area (Å²) in [5, 5.41) is 17.8. The molecule has 39 heavy (non-hydrogen) atoms. The lowest BCUT2D eigenvalue weighted by molar-refractivity contribution is -0.379. The van der Waals surface area contributed by atoms with Crippen molar-refractivity contribution in [3.63, 3.8) is 0 Å². The van der Waals surface area contributed by atoms with Gasteiger partial charge in [-0.15, -0.1) is 0 Å². The van der Waals surface area contributed by atoms with Crippen LogP contribution in [0.1, 0.15) is 11.8 Å². The molecule has 2 aromatic rings. The van der Waals surface area contributed by atoms with Crippen LogP contribution >= 0.6 is 11.3 Å². The second-order valence-electron chi connectivity index (χ2n) is 9.85. The molecular formula is C25H32FN7O5S. The minimum atomic E-state index is -0.569. The van der Waals surface area contributed by atoms with E-state index in [9.17, 15) is 19.7 Å². The summed E-state index contributed by atoms with van der Waals surface area (Å²) in [5.74, 6) is -0.634. The zero-order valence-electron chi connectivity index (χ0n) is 21.7. The van der Waals surface area contributed by atoms with Gasteiger partial charge >= 0.3 is 11.1 Å². The molecule has 3 saturated heterocycles. The number of carbonyl (C=O) groups excluding carboxylic acids is 2. The molecule has 14 heteroatoms. The van der Waals surface area contributed by atoms with E-state index < -0.39 is 18.0 Å². The number of thiophene rings is 1. The molecule has 2 N–H and O–H groups in total. The molecule has 210 valence electrons. The number of cyclic esters (lactones) is 1. The minimum absolute atomic E-state index is 0.191. The van der Waals surface area contributed by atoms with E-state index in [2.05, 4.69) is 20.4 Å². The van der Waals surface area contributed by atoms with Crippen molar-refractivity contribution in [3.8, 4) is 0 Å². The molecule has 1 atom stereocenters. The van der Waals surface area contributed by atoms with Crippen molar-refractivity contribution < 1.29 is 23.6 Å². The zero-order valence-corrected chi connectivity index (χ0v) is 22.5. The maximum absolute atomic E-state index is 15.1. The Morgan fingerprint density at radius 3 is 2.54 bits per heavy atom. The van der Waals surface area contributed by atoms with Crippen LogP contribution in [0.5, 0.6) is 0 Å². The van der Waals surface area contributed by atoms with Crippen LogP contribution in [0, 0.1) is 15.9 Å². The number of anilines is 3. The summed E-state index contributed by atoms with van der Waals surface area (Å²) in [6.45, 7) is 8.16. The van der Waals surface area contributed by atoms with Crippen LogP contribution in [0.2, 0.25) is 0 Å². The van der Waals surface area contributed by atoms with Crippen molar-refractivity contribution in [2.75, 3.05) is 80.1 Å². The van der Waals surface area contributed by atoms with Crippen LogP contribution < -0.4 is 25.3 Å². The van der Waals surface area contributed by atoms with Gasteiger partial charge in [-0.3, -0.25) is 24.7 Å². The average molecular weight is 562 g/mol. The minimum Gasteiger partial charge on any atom is -0.442 e. The Labute approximate surface area is 229 Å². The number of hydrogen-bond acceptors (Lipinski definition) is 10. The predicted octanol–water partition coefficient (Wildman–Crippen LogP) is 1.99. The molecule has 0 spiro atoms. The highest BCUT2D eigenvalue weighted by Crippen LogP contribution is 2.38. The Morgan fingerprint density at radius 2 is 1.87 bits per heavy atom. The molecule has 1 aromatic heterocycles. The SMILES string of the molecule is CC(=O)NC[C@H]1CN(c2ccc(N3CCN(Cc4cc(N5CCNCC5)c([N+](=O)[O-])s4)CC3)c(F)c2)C(=O)O1. The van der Waals surface area contributed by atoms with Gasteiger partial charge in [-0.25, -0.2) is 9.18 Å². The summed E-state index contributed by atoms with van der Waals surface area (Å²) in [6.07, 6.45) is -1.06. The van der Waals surface area contributed by atoms with Gasteiger partial charge in [-0.1, -0.05) is 11.3 Å². The fraction of sp³-hybridized carbons (Fsp3) is 0.520. The fourth-order valence-electron chi connectivity index (χ4n) is 5.14. The number of nitro groups is 1. The van der Waals surface area contributed by atoms with Crippen LogP contribution in [0.3, 0.4) is 0 Å². The van der Waals surface area contributed by atoms with Crippen LogP contribution in [0.15, 0.2) is 24.3 Å². The van der Waals surface area contributed by atoms with Gasteiger partial charge in [0, 0.05) is 70.7 Å². The second kappa shape index (κ2) is 11.7. The number of benzene rings is 1. The quantitative estimate of drug-likeness (QED) is 0.368. The van der Waals surface area contributed by atoms with Crippen molar-refractivity contribution >= 4 is 45.4 Å². The number of nitrogens with one attached hydrogen (secondary N) is 2. The van der Waals surface area contributed by atoms with Gasteiger partial charge < -0.3 is 25.2 Å². The number of piperazine rings is 2. The van der Waals surface area contributed by atoms with Gasteiger partial charge in [0.2, 0.25) is 5.91 Å². The third-order valence-electron chi connectivity index (χ3n) is 7.16. The molecule has 3 aliphatic rings. The standard InChI is InChI=1S/C25H32FN7O5S/c1-17(34)28-14-19-15-32(25(35)38-19)18-2-3-22(21(26)12-18)31-10-8-29(9-11-31)16-20-13-23(24(39-20)33(36)37)30-6-4-27-5-7-30/h2-3,12-13,19,27H,4-11,14-16H2,1H3,(H,28,34)/t19-/m0/s1. The monoisotopic (exact) mass is 561 g/mol. The lowest BCUT2D eigenvalue weighted by Gasteiger charge is -2.36. The van der Waals surface area contributed by atoms with Crippen LogP contribution in [-0.2, 0) is 16.1 Å². The van der Waals surface area contributed by atoms with Crippen LogP contribution in [0.25, 0.3) is 0 Å². The van der Waals surface area contributed by atoms with E-state index in [0.29, 0.717) is 49.8 Å². The average Bonchev–Trinajstić information content (AvgIpc) is 3.52. The lowest BCUT2D eigenvalue weighted by Crippen LogP contribution is -2.46. The third-order valence-corrected chi connectivity index (χ3v) is 8.22. The smallest absolute Gasteiger partial charge is 0.414 e. The molecule has 5 rings (SSSR count). The van der Waals surface area contributed by atoms with Crippen molar-refractivity contribution in [3.05, 3.63) is 45.1 Å². The van der Waals surface area contributed by atoms with Crippen LogP contribution in [-0.4, -0.2) is 93.4 Å². The van der Waals surface area contributed by atoms with Gasteiger partial charge in [-0.05, 0) is 24.3 Å². The molecule has 0 aliphatic carbocycles. The molecule has 3 aliphatic heterocycles. The highest BCUT2D eigenvalue weighted by molar-refractivity contribution is 7.16. The number of carbonyl (C=O) groups is 2. The summed E-state index contributed by atoms with van der Waals surface area (Å²) in [6, 6.07) is 6.67. The Balaban J connectivity index is 1.18. The molecule has 0 radical (unpaired) electrons. The van der Waals surface area contributed by atoms with Gasteiger partial charge in [0.25, 0.3) is 0 Å². The number of hydrogen-bond donors (Lipinski definition) is 2. The first-order valence-corrected chi connectivity index (χ1v) is 13.8. The summed E-state index contributed by atoms with van der Waals surface area (Å²) >= 11 is 1.23. The topological polar surface area (TPSA) is 124 Å². The lowest BCUT2D eigenvalue weighted by atomic mass is 10.2. The molecule has 3 fully saturated rings. The number of ether oxygens (including phenoxy) is 1. The number of amides is 2. The molecule has 2 amide bonds. The fourth-order valence-corrected chi connectivity index (χ4v) is 6.18. The Kier molecular flexibility index (Phi) is 8.14. The van der Waals surface area contributed by atoms with E-state index in [1.807, 2.05) is 11.0 Å². The Morgan fingerprint density at radius 1 is 1.15 bits per heavy atom. The van der Waals surface area contributed by atoms with E-state index in [0.717, 1.165) is 31.1 Å². The van der Waals surface area contributed by atoms with E-state index >= 15 is 4.39 Å². The van der Waals surface area contributed by atoms with Crippen molar-refractivity contribution in [1.29, 1.82) is 0 Å². The zero-order chi connectivity index (χ0) is 27.5. The Hall–Kier alpha value is -3.49. The van der Waals surface area contributed by atoms with Gasteiger partial charge in [0.1, 0.15) is 17.6 Å². The third kappa shape index (κ3) is 6.23. The molecule has 0 bridgehead atoms. The van der Waals surface area contributed by atoms with E-state index in [1.165, 1.54) is 29.2 Å². The van der Waals surface area contributed by atoms with Gasteiger partial charge in [-0.2, -0.15) is 0 Å². The maximum atomic E-state index is 15.1. The highest BCUT2D eigenvalue weighted by atomic mass is 32.1.